The van der Waals surface area contributed by atoms with Crippen LogP contribution in [0.5, 0.6) is 0 Å². The molecule has 1 unspecified atom stereocenters. The minimum Gasteiger partial charge on any atom is -0.367 e. The van der Waals surface area contributed by atoms with Crippen molar-refractivity contribution >= 4 is 37.2 Å². The van der Waals surface area contributed by atoms with Crippen molar-refractivity contribution in [3.8, 4) is 0 Å². The van der Waals surface area contributed by atoms with Crippen LogP contribution in [0.15, 0.2) is 0 Å². The van der Waals surface area contributed by atoms with Gasteiger partial charge in [0.15, 0.2) is 0 Å². The minimum absolute atomic E-state index is 0.208. The standard InChI is InChI=1S/C5H10O.I2/c1-4-5(2,3)6-4;1-2/h4H,1-3H3;. The molecule has 0 aromatic heterocycles. The normalized spacial score (nSPS) is 30.4. The van der Waals surface area contributed by atoms with Gasteiger partial charge in [0, 0.05) is 37.2 Å². The smallest absolute Gasteiger partial charge is 0.0889 e. The van der Waals surface area contributed by atoms with E-state index in [4.69, 9.17) is 4.74 Å². The lowest BCUT2D eigenvalue weighted by Crippen LogP contribution is -1.97. The van der Waals surface area contributed by atoms with E-state index >= 15 is 0 Å². The summed E-state index contributed by atoms with van der Waals surface area (Å²) in [5.74, 6) is 0. The first-order valence-corrected chi connectivity index (χ1v) is 8.73. The molecule has 0 radical (unpaired) electrons. The first-order valence-electron chi connectivity index (χ1n) is 2.45. The van der Waals surface area contributed by atoms with Crippen molar-refractivity contribution in [1.29, 1.82) is 0 Å². The summed E-state index contributed by atoms with van der Waals surface area (Å²) in [5.41, 5.74) is 0.208. The monoisotopic (exact) mass is 340 g/mol. The van der Waals surface area contributed by atoms with Crippen LogP contribution < -0.4 is 0 Å². The quantitative estimate of drug-likeness (QED) is 0.488. The molecule has 1 nitrogen and oxygen atoms in total. The largest absolute Gasteiger partial charge is 0.367 e. The first kappa shape index (κ1) is 9.42. The number of epoxide rings is 1. The first-order chi connectivity index (χ1) is 3.63. The third-order valence-corrected chi connectivity index (χ3v) is 1.40. The molecule has 1 rings (SSSR count). The van der Waals surface area contributed by atoms with Gasteiger partial charge in [-0.05, 0) is 20.8 Å². The highest BCUT2D eigenvalue weighted by molar-refractivity contribution is 15.0. The summed E-state index contributed by atoms with van der Waals surface area (Å²) < 4.78 is 5.10. The fourth-order valence-corrected chi connectivity index (χ4v) is 0.422. The number of hydrogen-bond acceptors (Lipinski definition) is 1. The molecule has 0 aromatic rings. The molecule has 1 heterocycles. The van der Waals surface area contributed by atoms with Gasteiger partial charge in [0.05, 0.1) is 11.7 Å². The Morgan fingerprint density at radius 2 is 1.50 bits per heavy atom. The molecule has 0 amide bonds. The molecule has 1 aliphatic heterocycles. The molecule has 0 N–H and O–H groups in total. The molecule has 1 fully saturated rings. The van der Waals surface area contributed by atoms with Gasteiger partial charge in [-0.2, -0.15) is 0 Å². The summed E-state index contributed by atoms with van der Waals surface area (Å²) in [6, 6.07) is 0. The molecule has 1 atom stereocenters. The summed E-state index contributed by atoms with van der Waals surface area (Å²) in [4.78, 5) is 0. The van der Waals surface area contributed by atoms with Crippen LogP contribution >= 0.6 is 37.2 Å². The maximum Gasteiger partial charge on any atom is 0.0889 e. The molecular weight excluding hydrogens is 330 g/mol. The van der Waals surface area contributed by atoms with Crippen LogP contribution in [0.4, 0.5) is 0 Å². The van der Waals surface area contributed by atoms with E-state index in [0.717, 1.165) is 0 Å². The molecule has 1 saturated heterocycles. The van der Waals surface area contributed by atoms with Crippen molar-refractivity contribution in [2.75, 3.05) is 0 Å². The Kier molecular flexibility index (Phi) is 4.19. The predicted octanol–water partition coefficient (Wildman–Crippen LogP) is 2.96. The summed E-state index contributed by atoms with van der Waals surface area (Å²) in [6.07, 6.45) is 0.498. The second kappa shape index (κ2) is 3.55. The maximum absolute atomic E-state index is 5.10. The third-order valence-electron chi connectivity index (χ3n) is 1.40. The third kappa shape index (κ3) is 2.82. The summed E-state index contributed by atoms with van der Waals surface area (Å²) >= 11 is 4.24. The van der Waals surface area contributed by atoms with Crippen molar-refractivity contribution in [3.05, 3.63) is 0 Å². The van der Waals surface area contributed by atoms with E-state index in [-0.39, 0.29) is 5.60 Å². The average Bonchev–Trinajstić information content (AvgIpc) is 2.19. The van der Waals surface area contributed by atoms with Crippen molar-refractivity contribution < 1.29 is 4.74 Å². The summed E-state index contributed by atoms with van der Waals surface area (Å²) in [5, 5.41) is 0. The van der Waals surface area contributed by atoms with E-state index in [9.17, 15) is 0 Å². The SMILES string of the molecule is CC1OC1(C)C.II. The highest BCUT2D eigenvalue weighted by Gasteiger charge is 2.43. The molecule has 3 heteroatoms. The Morgan fingerprint density at radius 1 is 1.38 bits per heavy atom. The van der Waals surface area contributed by atoms with E-state index in [1.54, 1.807) is 0 Å². The lowest BCUT2D eigenvalue weighted by Gasteiger charge is -1.84. The van der Waals surface area contributed by atoms with Crippen molar-refractivity contribution in [1.82, 2.24) is 0 Å². The van der Waals surface area contributed by atoms with Crippen LogP contribution in [0.2, 0.25) is 0 Å². The Morgan fingerprint density at radius 3 is 1.50 bits per heavy atom. The Balaban J connectivity index is 0.000000222. The maximum atomic E-state index is 5.10. The Hall–Kier alpha value is 1.42. The van der Waals surface area contributed by atoms with E-state index < -0.39 is 0 Å². The summed E-state index contributed by atoms with van der Waals surface area (Å²) in [7, 11) is 0. The predicted molar refractivity (Wildman–Crippen MR) is 52.7 cm³/mol. The Labute approximate surface area is 73.9 Å². The molecule has 0 spiro atoms. The van der Waals surface area contributed by atoms with E-state index in [1.807, 2.05) is 0 Å². The van der Waals surface area contributed by atoms with Gasteiger partial charge in [-0.3, -0.25) is 0 Å². The zero-order valence-electron chi connectivity index (χ0n) is 5.24. The molecule has 0 aromatic carbocycles. The van der Waals surface area contributed by atoms with Gasteiger partial charge < -0.3 is 4.74 Å². The van der Waals surface area contributed by atoms with Gasteiger partial charge in [-0.25, -0.2) is 0 Å². The highest BCUT2D eigenvalue weighted by atomic mass is 128. The molecule has 0 aliphatic carbocycles. The fourth-order valence-electron chi connectivity index (χ4n) is 0.422. The molecular formula is C5H10I2O. The van der Waals surface area contributed by atoms with Gasteiger partial charge >= 0.3 is 0 Å². The fraction of sp³-hybridized carbons (Fsp3) is 1.00. The molecule has 0 bridgehead atoms. The van der Waals surface area contributed by atoms with Gasteiger partial charge in [-0.15, -0.1) is 0 Å². The second-order valence-electron chi connectivity index (χ2n) is 2.36. The Bertz CT molecular complexity index is 72.8. The van der Waals surface area contributed by atoms with Gasteiger partial charge in [0.25, 0.3) is 0 Å². The van der Waals surface area contributed by atoms with Crippen molar-refractivity contribution in [2.45, 2.75) is 32.5 Å². The number of hydrogen-bond donors (Lipinski definition) is 0. The van der Waals surface area contributed by atoms with Crippen LogP contribution in [0, 0.1) is 0 Å². The van der Waals surface area contributed by atoms with Gasteiger partial charge in [-0.1, -0.05) is 0 Å². The van der Waals surface area contributed by atoms with E-state index in [1.165, 1.54) is 0 Å². The summed E-state index contributed by atoms with van der Waals surface area (Å²) in [6.45, 7) is 6.27. The lowest BCUT2D eigenvalue weighted by atomic mass is 10.2. The van der Waals surface area contributed by atoms with Crippen LogP contribution in [0.3, 0.4) is 0 Å². The van der Waals surface area contributed by atoms with Crippen LogP contribution in [0.1, 0.15) is 20.8 Å². The number of halogens is 2. The topological polar surface area (TPSA) is 12.5 Å². The van der Waals surface area contributed by atoms with Crippen molar-refractivity contribution in [3.63, 3.8) is 0 Å². The van der Waals surface area contributed by atoms with Crippen molar-refractivity contribution in [2.24, 2.45) is 0 Å². The average molecular weight is 340 g/mol. The van der Waals surface area contributed by atoms with Crippen LogP contribution in [-0.4, -0.2) is 11.7 Å². The zero-order chi connectivity index (χ0) is 6.78. The number of ether oxygens (including phenoxy) is 1. The zero-order valence-corrected chi connectivity index (χ0v) is 9.56. The van der Waals surface area contributed by atoms with Gasteiger partial charge in [0.1, 0.15) is 0 Å². The van der Waals surface area contributed by atoms with Crippen LogP contribution in [0.25, 0.3) is 0 Å². The number of rotatable bonds is 0. The van der Waals surface area contributed by atoms with Crippen LogP contribution in [-0.2, 0) is 4.74 Å². The molecule has 50 valence electrons. The molecule has 0 saturated carbocycles. The molecule has 1 aliphatic rings. The second-order valence-corrected chi connectivity index (χ2v) is 2.36. The van der Waals surface area contributed by atoms with E-state index in [2.05, 4.69) is 58.0 Å². The lowest BCUT2D eigenvalue weighted by molar-refractivity contribution is 0.328. The minimum atomic E-state index is 0.208. The highest BCUT2D eigenvalue weighted by Crippen LogP contribution is 2.33. The van der Waals surface area contributed by atoms with Gasteiger partial charge in [0.2, 0.25) is 0 Å². The van der Waals surface area contributed by atoms with E-state index in [0.29, 0.717) is 6.10 Å². The molecule has 8 heavy (non-hydrogen) atoms.